The van der Waals surface area contributed by atoms with Crippen LogP contribution in [0.25, 0.3) is 0 Å². The van der Waals surface area contributed by atoms with Crippen molar-refractivity contribution in [3.8, 4) is 0 Å². The minimum absolute atomic E-state index is 0.0216. The number of aliphatic carboxylic acids is 1. The lowest BCUT2D eigenvalue weighted by atomic mass is 9.47. The van der Waals surface area contributed by atoms with Crippen molar-refractivity contribution in [1.29, 1.82) is 0 Å². The Hall–Kier alpha value is -2.09. The van der Waals surface area contributed by atoms with E-state index in [2.05, 4.69) is 29.8 Å². The van der Waals surface area contributed by atoms with Gasteiger partial charge in [-0.1, -0.05) is 49.7 Å². The molecule has 3 fully saturated rings. The first-order chi connectivity index (χ1) is 16.4. The lowest BCUT2D eigenvalue weighted by Crippen LogP contribution is -2.56. The van der Waals surface area contributed by atoms with E-state index in [0.717, 1.165) is 24.8 Å². The molecular formula is C27H35BrO7. The molecule has 35 heavy (non-hydrogen) atoms. The van der Waals surface area contributed by atoms with E-state index in [1.165, 1.54) is 0 Å². The Labute approximate surface area is 214 Å². The molecule has 0 bridgehead atoms. The molecule has 4 rings (SSSR count). The van der Waals surface area contributed by atoms with Crippen molar-refractivity contribution in [2.45, 2.75) is 71.0 Å². The predicted octanol–water partition coefficient (Wildman–Crippen LogP) is 4.47. The van der Waals surface area contributed by atoms with Crippen molar-refractivity contribution in [1.82, 2.24) is 0 Å². The van der Waals surface area contributed by atoms with Crippen LogP contribution in [0.5, 0.6) is 0 Å². The van der Waals surface area contributed by atoms with Crippen LogP contribution >= 0.6 is 15.9 Å². The summed E-state index contributed by atoms with van der Waals surface area (Å²) in [7, 11) is 0. The second-order valence-electron chi connectivity index (χ2n) is 10.6. The maximum atomic E-state index is 13.5. The molecule has 0 saturated heterocycles. The van der Waals surface area contributed by atoms with Crippen molar-refractivity contribution in [3.05, 3.63) is 23.8 Å². The Morgan fingerprint density at radius 2 is 1.80 bits per heavy atom. The smallest absolute Gasteiger partial charge is 0.305 e. The first-order valence-corrected chi connectivity index (χ1v) is 13.3. The summed E-state index contributed by atoms with van der Waals surface area (Å²) < 4.78 is 5.11. The second-order valence-corrected chi connectivity index (χ2v) is 11.7. The van der Waals surface area contributed by atoms with Gasteiger partial charge in [0.2, 0.25) is 0 Å². The van der Waals surface area contributed by atoms with E-state index < -0.39 is 16.8 Å². The molecule has 4 aliphatic rings. The lowest BCUT2D eigenvalue weighted by molar-refractivity contribution is -0.153. The van der Waals surface area contributed by atoms with Crippen LogP contribution in [0.1, 0.15) is 66.2 Å². The molecule has 0 radical (unpaired) electrons. The zero-order valence-electron chi connectivity index (χ0n) is 20.8. The molecule has 0 spiro atoms. The normalized spacial score (nSPS) is 37.2. The Morgan fingerprint density at radius 3 is 2.40 bits per heavy atom. The number of Topliss-reactive ketones (excluding diaryl/α,β-unsaturated/α-hetero) is 2. The van der Waals surface area contributed by atoms with E-state index in [4.69, 9.17) is 9.84 Å². The quantitative estimate of drug-likeness (QED) is 0.396. The van der Waals surface area contributed by atoms with Crippen LogP contribution in [-0.4, -0.2) is 45.8 Å². The van der Waals surface area contributed by atoms with E-state index in [1.807, 2.05) is 6.08 Å². The Bertz CT molecular complexity index is 982. The van der Waals surface area contributed by atoms with E-state index in [0.29, 0.717) is 6.42 Å². The average Bonchev–Trinajstić information content (AvgIpc) is 3.15. The highest BCUT2D eigenvalue weighted by Gasteiger charge is 2.63. The second kappa shape index (κ2) is 10.5. The van der Waals surface area contributed by atoms with Gasteiger partial charge in [0.1, 0.15) is 12.4 Å². The van der Waals surface area contributed by atoms with Crippen LogP contribution in [0.3, 0.4) is 0 Å². The molecule has 1 N–H and O–H groups in total. The van der Waals surface area contributed by atoms with Gasteiger partial charge in [0, 0.05) is 41.3 Å². The summed E-state index contributed by atoms with van der Waals surface area (Å²) in [5.74, 6) is -0.993. The van der Waals surface area contributed by atoms with Gasteiger partial charge in [0.15, 0.2) is 11.6 Å². The summed E-state index contributed by atoms with van der Waals surface area (Å²) in [5.41, 5.74) is 0.152. The van der Waals surface area contributed by atoms with Crippen molar-refractivity contribution >= 4 is 45.2 Å². The number of rotatable bonds is 5. The summed E-state index contributed by atoms with van der Waals surface area (Å²) in [6.07, 6.45) is 8.49. The number of ketones is 3. The minimum Gasteiger partial charge on any atom is -0.481 e. The Balaban J connectivity index is 0.000000623. The molecule has 3 saturated carbocycles. The number of halogens is 1. The maximum absolute atomic E-state index is 13.5. The molecule has 0 heterocycles. The molecular weight excluding hydrogens is 516 g/mol. The van der Waals surface area contributed by atoms with E-state index in [-0.39, 0.29) is 71.3 Å². The molecule has 7 atom stereocenters. The molecule has 7 unspecified atom stereocenters. The zero-order chi connectivity index (χ0) is 26.1. The molecule has 0 aromatic rings. The summed E-state index contributed by atoms with van der Waals surface area (Å²) >= 11 is 3.79. The van der Waals surface area contributed by atoms with Gasteiger partial charge in [-0.25, -0.2) is 0 Å². The largest absolute Gasteiger partial charge is 0.481 e. The monoisotopic (exact) mass is 550 g/mol. The van der Waals surface area contributed by atoms with Crippen LogP contribution in [0.15, 0.2) is 23.8 Å². The third kappa shape index (κ3) is 5.09. The van der Waals surface area contributed by atoms with Gasteiger partial charge < -0.3 is 9.84 Å². The topological polar surface area (TPSA) is 115 Å². The van der Waals surface area contributed by atoms with Crippen molar-refractivity contribution in [2.24, 2.45) is 34.5 Å². The maximum Gasteiger partial charge on any atom is 0.305 e. The summed E-state index contributed by atoms with van der Waals surface area (Å²) in [4.78, 5) is 59.4. The first kappa shape index (κ1) is 27.5. The van der Waals surface area contributed by atoms with Gasteiger partial charge in [0.25, 0.3) is 0 Å². The fourth-order valence-electron chi connectivity index (χ4n) is 6.93. The molecule has 0 aromatic carbocycles. The number of allylic oxidation sites excluding steroid dienone is 4. The fraction of sp³-hybridized carbons (Fsp3) is 0.667. The average molecular weight is 551 g/mol. The highest BCUT2D eigenvalue weighted by Crippen LogP contribution is 2.65. The van der Waals surface area contributed by atoms with E-state index >= 15 is 0 Å². The number of hydrogen-bond acceptors (Lipinski definition) is 6. The molecule has 0 aromatic heterocycles. The van der Waals surface area contributed by atoms with Crippen molar-refractivity contribution < 1.29 is 33.8 Å². The van der Waals surface area contributed by atoms with Gasteiger partial charge >= 0.3 is 11.9 Å². The first-order valence-electron chi connectivity index (χ1n) is 12.4. The number of carboxylic acid groups (broad SMARTS) is 1. The van der Waals surface area contributed by atoms with Crippen LogP contribution in [0, 0.1) is 34.5 Å². The van der Waals surface area contributed by atoms with E-state index in [9.17, 15) is 24.0 Å². The molecule has 0 amide bonds. The number of carbonyl (C=O) groups excluding carboxylic acids is 4. The third-order valence-electron chi connectivity index (χ3n) is 8.59. The molecule has 4 aliphatic carbocycles. The summed E-state index contributed by atoms with van der Waals surface area (Å²) in [6, 6.07) is 0. The third-order valence-corrected chi connectivity index (χ3v) is 9.45. The minimum atomic E-state index is -0.745. The van der Waals surface area contributed by atoms with Gasteiger partial charge in [-0.2, -0.15) is 0 Å². The van der Waals surface area contributed by atoms with Gasteiger partial charge in [-0.05, 0) is 54.2 Å². The highest BCUT2D eigenvalue weighted by molar-refractivity contribution is 9.09. The fourth-order valence-corrected chi connectivity index (χ4v) is 7.98. The zero-order valence-corrected chi connectivity index (χ0v) is 22.4. The van der Waals surface area contributed by atoms with Gasteiger partial charge in [-0.15, -0.1) is 0 Å². The van der Waals surface area contributed by atoms with Crippen LogP contribution in [-0.2, 0) is 28.7 Å². The summed E-state index contributed by atoms with van der Waals surface area (Å²) in [5, 5.41) is 7.72. The van der Waals surface area contributed by atoms with E-state index in [1.54, 1.807) is 26.0 Å². The van der Waals surface area contributed by atoms with Crippen molar-refractivity contribution in [3.63, 3.8) is 0 Å². The molecule has 192 valence electrons. The molecule has 8 heteroatoms. The summed E-state index contributed by atoms with van der Waals surface area (Å²) in [6.45, 7) is 7.27. The van der Waals surface area contributed by atoms with Crippen molar-refractivity contribution in [2.75, 3.05) is 6.61 Å². The molecule has 0 aliphatic heterocycles. The number of carbonyl (C=O) groups is 5. The Morgan fingerprint density at radius 1 is 1.14 bits per heavy atom. The van der Waals surface area contributed by atoms with Crippen LogP contribution in [0.2, 0.25) is 0 Å². The number of carboxylic acids is 1. The number of esters is 1. The number of alkyl halides is 1. The highest BCUT2D eigenvalue weighted by atomic mass is 79.9. The van der Waals surface area contributed by atoms with Crippen LogP contribution in [0.4, 0.5) is 0 Å². The van der Waals surface area contributed by atoms with Gasteiger partial charge in [0.05, 0.1) is 0 Å². The van der Waals surface area contributed by atoms with Crippen LogP contribution < -0.4 is 0 Å². The standard InChI is InChI=1S/C24H29BrO5.C3H6O2/c1-4-21(29)30-12-20(28)16-6-5-15-14-10-18(25)17-9-13(26)7-8-23(17,2)22(14)19(27)11-24(15,16)3;1-2-3(4)5/h7-9,14-16,18,22H,4-6,10-12H2,1-3H3;2H2,1H3,(H,4,5). The number of fused-ring (bicyclic) bond motifs is 5. The van der Waals surface area contributed by atoms with Gasteiger partial charge in [-0.3, -0.25) is 24.0 Å². The number of ether oxygens (including phenoxy) is 1. The Kier molecular flexibility index (Phi) is 8.24. The number of hydrogen-bond donors (Lipinski definition) is 1. The molecule has 7 nitrogen and oxygen atoms in total. The lowest BCUT2D eigenvalue weighted by Gasteiger charge is -2.56. The predicted molar refractivity (Wildman–Crippen MR) is 133 cm³/mol. The SMILES string of the molecule is CCC(=O)O.CCC(=O)OCC(=O)C1CCC2C3CC(Br)C4=CC(=O)C=CC4(C)C3C(=O)CC12C.